The molecule has 0 spiro atoms. The van der Waals surface area contributed by atoms with E-state index in [0.717, 1.165) is 11.8 Å². The van der Waals surface area contributed by atoms with Crippen molar-refractivity contribution in [2.75, 3.05) is 0 Å². The molecule has 0 aliphatic heterocycles. The standard InChI is InChI=1S/C19H24N2O2/c1-12(17-10-14-7-8-15(17)9-14)21-19(22)13(2)23-18-6-4-3-5-16(18)11-20/h3-6,12-15,17H,7-10H2,1-2H3,(H,21,22)/t12-,13-,14-,15-,17-/m1/s1. The van der Waals surface area contributed by atoms with E-state index in [9.17, 15) is 4.79 Å². The molecule has 23 heavy (non-hydrogen) atoms. The van der Waals surface area contributed by atoms with E-state index in [1.165, 1.54) is 25.7 Å². The SMILES string of the molecule is C[C@@H](Oc1ccccc1C#N)C(=O)N[C@H](C)[C@H]1C[C@@H]2CC[C@@H]1C2. The number of hydrogen-bond donors (Lipinski definition) is 1. The predicted molar refractivity (Wildman–Crippen MR) is 87.8 cm³/mol. The Morgan fingerprint density at radius 1 is 1.30 bits per heavy atom. The zero-order chi connectivity index (χ0) is 16.4. The van der Waals surface area contributed by atoms with Gasteiger partial charge in [0.15, 0.2) is 6.10 Å². The lowest BCUT2D eigenvalue weighted by Gasteiger charge is -2.29. The maximum absolute atomic E-state index is 12.4. The van der Waals surface area contributed by atoms with Crippen molar-refractivity contribution in [3.05, 3.63) is 29.8 Å². The molecule has 2 bridgehead atoms. The molecule has 1 aromatic rings. The molecule has 1 amide bonds. The van der Waals surface area contributed by atoms with Gasteiger partial charge in [0.2, 0.25) is 0 Å². The molecule has 1 aromatic carbocycles. The number of para-hydroxylation sites is 1. The van der Waals surface area contributed by atoms with Crippen LogP contribution in [0.4, 0.5) is 0 Å². The van der Waals surface area contributed by atoms with Gasteiger partial charge in [-0.2, -0.15) is 5.26 Å². The van der Waals surface area contributed by atoms with Crippen LogP contribution in [-0.2, 0) is 4.79 Å². The maximum atomic E-state index is 12.4. The number of nitriles is 1. The van der Waals surface area contributed by atoms with E-state index >= 15 is 0 Å². The molecule has 0 aromatic heterocycles. The first-order valence-corrected chi connectivity index (χ1v) is 8.54. The molecule has 0 unspecified atom stereocenters. The summed E-state index contributed by atoms with van der Waals surface area (Å²) in [5.74, 6) is 2.63. The van der Waals surface area contributed by atoms with Gasteiger partial charge in [-0.3, -0.25) is 4.79 Å². The van der Waals surface area contributed by atoms with E-state index in [1.54, 1.807) is 31.2 Å². The van der Waals surface area contributed by atoms with Crippen LogP contribution in [0.25, 0.3) is 0 Å². The summed E-state index contributed by atoms with van der Waals surface area (Å²) in [6.45, 7) is 3.84. The first-order chi connectivity index (χ1) is 11.1. The number of ether oxygens (including phenoxy) is 1. The van der Waals surface area contributed by atoms with Gasteiger partial charge in [-0.1, -0.05) is 18.6 Å². The Morgan fingerprint density at radius 3 is 2.74 bits per heavy atom. The van der Waals surface area contributed by atoms with Gasteiger partial charge in [0.05, 0.1) is 5.56 Å². The molecule has 0 saturated heterocycles. The molecule has 0 heterocycles. The van der Waals surface area contributed by atoms with E-state index in [2.05, 4.69) is 18.3 Å². The van der Waals surface area contributed by atoms with Gasteiger partial charge in [0, 0.05) is 6.04 Å². The Balaban J connectivity index is 1.56. The largest absolute Gasteiger partial charge is 0.480 e. The molecule has 122 valence electrons. The average molecular weight is 312 g/mol. The van der Waals surface area contributed by atoms with E-state index in [-0.39, 0.29) is 11.9 Å². The van der Waals surface area contributed by atoms with Crippen molar-refractivity contribution in [3.63, 3.8) is 0 Å². The van der Waals surface area contributed by atoms with Gasteiger partial charge in [0.1, 0.15) is 11.8 Å². The van der Waals surface area contributed by atoms with E-state index in [1.807, 2.05) is 0 Å². The third-order valence-corrected chi connectivity index (χ3v) is 5.49. The van der Waals surface area contributed by atoms with Crippen LogP contribution in [-0.4, -0.2) is 18.1 Å². The monoisotopic (exact) mass is 312 g/mol. The third kappa shape index (κ3) is 3.34. The third-order valence-electron chi connectivity index (χ3n) is 5.49. The highest BCUT2D eigenvalue weighted by Crippen LogP contribution is 2.49. The van der Waals surface area contributed by atoms with Crippen molar-refractivity contribution >= 4 is 5.91 Å². The lowest BCUT2D eigenvalue weighted by atomic mass is 9.84. The molecular formula is C19H24N2O2. The van der Waals surface area contributed by atoms with Gasteiger partial charge in [-0.05, 0) is 63.0 Å². The van der Waals surface area contributed by atoms with Gasteiger partial charge in [0.25, 0.3) is 5.91 Å². The zero-order valence-electron chi connectivity index (χ0n) is 13.8. The Morgan fingerprint density at radius 2 is 2.09 bits per heavy atom. The van der Waals surface area contributed by atoms with Crippen LogP contribution in [0.15, 0.2) is 24.3 Å². The van der Waals surface area contributed by atoms with E-state index in [4.69, 9.17) is 10.00 Å². The number of benzene rings is 1. The normalized spacial score (nSPS) is 28.0. The molecule has 2 saturated carbocycles. The first-order valence-electron chi connectivity index (χ1n) is 8.54. The molecule has 1 N–H and O–H groups in total. The molecule has 0 radical (unpaired) electrons. The van der Waals surface area contributed by atoms with Crippen LogP contribution < -0.4 is 10.1 Å². The van der Waals surface area contributed by atoms with Crippen molar-refractivity contribution in [2.45, 2.75) is 51.7 Å². The number of carbonyl (C=O) groups is 1. The summed E-state index contributed by atoms with van der Waals surface area (Å²) >= 11 is 0. The second-order valence-corrected chi connectivity index (χ2v) is 7.00. The van der Waals surface area contributed by atoms with Gasteiger partial charge < -0.3 is 10.1 Å². The van der Waals surface area contributed by atoms with Crippen molar-refractivity contribution < 1.29 is 9.53 Å². The van der Waals surface area contributed by atoms with Crippen molar-refractivity contribution in [3.8, 4) is 11.8 Å². The molecule has 2 aliphatic rings. The number of amides is 1. The highest BCUT2D eigenvalue weighted by Gasteiger charge is 2.42. The number of carbonyl (C=O) groups excluding carboxylic acids is 1. The first kappa shape index (κ1) is 15.9. The minimum absolute atomic E-state index is 0.104. The second-order valence-electron chi connectivity index (χ2n) is 7.00. The summed E-state index contributed by atoms with van der Waals surface area (Å²) < 4.78 is 5.69. The van der Waals surface area contributed by atoms with Gasteiger partial charge in [-0.25, -0.2) is 0 Å². The smallest absolute Gasteiger partial charge is 0.260 e. The average Bonchev–Trinajstić information content (AvgIpc) is 3.18. The fraction of sp³-hybridized carbons (Fsp3) is 0.579. The van der Waals surface area contributed by atoms with Crippen molar-refractivity contribution in [1.29, 1.82) is 5.26 Å². The highest BCUT2D eigenvalue weighted by atomic mass is 16.5. The number of hydrogen-bond acceptors (Lipinski definition) is 3. The summed E-state index contributed by atoms with van der Waals surface area (Å²) in [5.41, 5.74) is 0.452. The van der Waals surface area contributed by atoms with Gasteiger partial charge >= 0.3 is 0 Å². The molecule has 4 heteroatoms. The van der Waals surface area contributed by atoms with Crippen LogP contribution in [0.2, 0.25) is 0 Å². The summed E-state index contributed by atoms with van der Waals surface area (Å²) in [6, 6.07) is 9.28. The molecular weight excluding hydrogens is 288 g/mol. The number of rotatable bonds is 5. The van der Waals surface area contributed by atoms with Crippen LogP contribution in [0.3, 0.4) is 0 Å². The Bertz CT molecular complexity index is 622. The zero-order valence-corrected chi connectivity index (χ0v) is 13.8. The summed E-state index contributed by atoms with van der Waals surface area (Å²) in [5, 5.41) is 12.2. The minimum atomic E-state index is -0.606. The van der Waals surface area contributed by atoms with Crippen LogP contribution in [0, 0.1) is 29.1 Å². The van der Waals surface area contributed by atoms with Crippen LogP contribution in [0.5, 0.6) is 5.75 Å². The lowest BCUT2D eigenvalue weighted by Crippen LogP contribution is -2.45. The number of nitrogens with zero attached hydrogens (tertiary/aromatic N) is 1. The Hall–Kier alpha value is -2.02. The quantitative estimate of drug-likeness (QED) is 0.907. The Kier molecular flexibility index (Phi) is 4.56. The molecule has 5 atom stereocenters. The maximum Gasteiger partial charge on any atom is 0.260 e. The fourth-order valence-electron chi connectivity index (χ4n) is 4.26. The van der Waals surface area contributed by atoms with Crippen molar-refractivity contribution in [2.24, 2.45) is 17.8 Å². The molecule has 3 rings (SSSR count). The summed E-state index contributed by atoms with van der Waals surface area (Å²) in [7, 11) is 0. The topological polar surface area (TPSA) is 62.1 Å². The van der Waals surface area contributed by atoms with Crippen LogP contribution in [0.1, 0.15) is 45.1 Å². The lowest BCUT2D eigenvalue weighted by molar-refractivity contribution is -0.128. The van der Waals surface area contributed by atoms with Crippen molar-refractivity contribution in [1.82, 2.24) is 5.32 Å². The van der Waals surface area contributed by atoms with E-state index < -0.39 is 6.10 Å². The summed E-state index contributed by atoms with van der Waals surface area (Å²) in [6.07, 6.45) is 4.67. The Labute approximate surface area is 137 Å². The second kappa shape index (κ2) is 6.62. The summed E-state index contributed by atoms with van der Waals surface area (Å²) in [4.78, 5) is 12.4. The molecule has 2 fully saturated rings. The highest BCUT2D eigenvalue weighted by molar-refractivity contribution is 5.81. The van der Waals surface area contributed by atoms with Crippen LogP contribution >= 0.6 is 0 Å². The predicted octanol–water partition coefficient (Wildman–Crippen LogP) is 3.27. The van der Waals surface area contributed by atoms with Gasteiger partial charge in [-0.15, -0.1) is 0 Å². The number of fused-ring (bicyclic) bond motifs is 2. The minimum Gasteiger partial charge on any atom is -0.480 e. The molecule has 2 aliphatic carbocycles. The molecule has 4 nitrogen and oxygen atoms in total. The fourth-order valence-corrected chi connectivity index (χ4v) is 4.26. The van der Waals surface area contributed by atoms with E-state index in [0.29, 0.717) is 17.2 Å². The number of nitrogens with one attached hydrogen (secondary N) is 1.